The summed E-state index contributed by atoms with van der Waals surface area (Å²) in [6, 6.07) is 0. The molecular weight excluding hydrogens is 202 g/mol. The Morgan fingerprint density at radius 1 is 1.40 bits per heavy atom. The maximum Gasteiger partial charge on any atom is 0.208 e. The van der Waals surface area contributed by atoms with Crippen molar-refractivity contribution >= 4 is 41.0 Å². The minimum atomic E-state index is -2.33. The van der Waals surface area contributed by atoms with Crippen LogP contribution in [0.25, 0.3) is 0 Å². The summed E-state index contributed by atoms with van der Waals surface area (Å²) in [7, 11) is 0. The summed E-state index contributed by atoms with van der Waals surface area (Å²) in [6.45, 7) is 3.24. The Balaban J connectivity index is 0. The summed E-state index contributed by atoms with van der Waals surface area (Å²) >= 11 is 15.4. The van der Waals surface area contributed by atoms with Crippen molar-refractivity contribution in [2.75, 3.05) is 0 Å². The molecule has 3 nitrogen and oxygen atoms in total. The Kier molecular flexibility index (Phi) is 7.09. The number of carbonyl (C=O) groups is 1. The second-order valence-electron chi connectivity index (χ2n) is 0.996. The highest BCUT2D eigenvalue weighted by Gasteiger charge is 2.11. The van der Waals surface area contributed by atoms with E-state index in [0.29, 0.717) is 0 Å². The van der Waals surface area contributed by atoms with Crippen molar-refractivity contribution in [3.05, 3.63) is 12.7 Å². The molecule has 0 radical (unpaired) electrons. The molecule has 0 unspecified atom stereocenters. The second-order valence-corrected chi connectivity index (χ2v) is 3.36. The van der Waals surface area contributed by atoms with Gasteiger partial charge in [0.15, 0.2) is 0 Å². The quantitative estimate of drug-likeness (QED) is 0.416. The summed E-state index contributed by atoms with van der Waals surface area (Å²) in [6.07, 6.45) is -1.10. The smallest absolute Gasteiger partial charge is 0.208 e. The Hall–Kier alpha value is -0.120. The fourth-order valence-electron chi connectivity index (χ4n) is 0. The van der Waals surface area contributed by atoms with Crippen LogP contribution in [-0.2, 0) is 0 Å². The molecule has 0 aromatic heterocycles. The largest absolute Gasteiger partial charge is 0.652 e. The maximum absolute atomic E-state index is 8.33. The number of carboxylic acid groups (broad SMARTS) is 2. The third kappa shape index (κ3) is 45.0. The van der Waals surface area contributed by atoms with E-state index in [2.05, 4.69) is 6.58 Å². The zero-order chi connectivity index (χ0) is 8.78. The van der Waals surface area contributed by atoms with E-state index in [4.69, 9.17) is 49.8 Å². The highest BCUT2D eigenvalue weighted by Crippen LogP contribution is 2.25. The minimum absolute atomic E-state index is 1.23. The molecule has 60 valence electrons. The number of hydrogen-bond acceptors (Lipinski definition) is 3. The zero-order valence-corrected chi connectivity index (χ0v) is 6.91. The number of alkyl halides is 3. The number of rotatable bonds is 0. The Bertz CT molecular complexity index is 113. The standard InChI is InChI=1S/C3H3Cl3.CH2O3/c1-2-3(4,5)6;2-1(3)4/h2H,1H2;(H2,2,3,4)/p-2. The van der Waals surface area contributed by atoms with E-state index in [1.165, 1.54) is 6.08 Å². The van der Waals surface area contributed by atoms with Gasteiger partial charge in [0.05, 0.1) is 0 Å². The predicted molar refractivity (Wildman–Crippen MR) is 35.9 cm³/mol. The molecule has 0 rings (SSSR count). The molecule has 0 amide bonds. The molecule has 0 saturated heterocycles. The van der Waals surface area contributed by atoms with Crippen molar-refractivity contribution < 1.29 is 15.0 Å². The second kappa shape index (κ2) is 5.65. The summed E-state index contributed by atoms with van der Waals surface area (Å²) in [5, 5.41) is 16.7. The Morgan fingerprint density at radius 3 is 1.50 bits per heavy atom. The van der Waals surface area contributed by atoms with Crippen LogP contribution in [0.5, 0.6) is 0 Å². The van der Waals surface area contributed by atoms with Crippen LogP contribution in [0.1, 0.15) is 0 Å². The third-order valence-corrected chi connectivity index (χ3v) is 0.694. The van der Waals surface area contributed by atoms with Crippen LogP contribution in [0.4, 0.5) is 4.79 Å². The van der Waals surface area contributed by atoms with Crippen LogP contribution in [0.2, 0.25) is 0 Å². The first-order chi connectivity index (χ1) is 4.29. The normalized spacial score (nSPS) is 9.10. The molecular formula is C4H3Cl3O3-2. The van der Waals surface area contributed by atoms with Gasteiger partial charge in [0.1, 0.15) is 0 Å². The van der Waals surface area contributed by atoms with Gasteiger partial charge in [-0.25, -0.2) is 0 Å². The monoisotopic (exact) mass is 204 g/mol. The van der Waals surface area contributed by atoms with Gasteiger partial charge in [0.2, 0.25) is 3.79 Å². The SMILES string of the molecule is C=CC(Cl)(Cl)Cl.O=C([O-])[O-]. The van der Waals surface area contributed by atoms with Crippen molar-refractivity contribution in [3.63, 3.8) is 0 Å². The first-order valence-corrected chi connectivity index (χ1v) is 3.01. The van der Waals surface area contributed by atoms with E-state index in [1.54, 1.807) is 0 Å². The molecule has 0 aromatic rings. The van der Waals surface area contributed by atoms with Gasteiger partial charge < -0.3 is 15.0 Å². The topological polar surface area (TPSA) is 63.2 Å². The zero-order valence-electron chi connectivity index (χ0n) is 4.64. The van der Waals surface area contributed by atoms with Crippen LogP contribution >= 0.6 is 34.8 Å². The van der Waals surface area contributed by atoms with Crippen LogP contribution in [0, 0.1) is 0 Å². The summed E-state index contributed by atoms with van der Waals surface area (Å²) in [4.78, 5) is 8.33. The van der Waals surface area contributed by atoms with Gasteiger partial charge in [-0.3, -0.25) is 0 Å². The lowest BCUT2D eigenvalue weighted by Gasteiger charge is -1.97. The molecule has 0 aliphatic carbocycles. The average molecular weight is 205 g/mol. The van der Waals surface area contributed by atoms with Gasteiger partial charge in [-0.2, -0.15) is 0 Å². The lowest BCUT2D eigenvalue weighted by molar-refractivity contribution is -0.415. The lowest BCUT2D eigenvalue weighted by Crippen LogP contribution is -2.37. The predicted octanol–water partition coefficient (Wildman–Crippen LogP) is 0.0956. The number of carbonyl (C=O) groups excluding carboxylic acids is 1. The number of hydrogen-bond donors (Lipinski definition) is 0. The van der Waals surface area contributed by atoms with Gasteiger partial charge in [0, 0.05) is 0 Å². The maximum atomic E-state index is 8.33. The van der Waals surface area contributed by atoms with Crippen molar-refractivity contribution in [1.29, 1.82) is 0 Å². The molecule has 0 N–H and O–H groups in total. The first kappa shape index (κ1) is 12.5. The Morgan fingerprint density at radius 2 is 1.50 bits per heavy atom. The van der Waals surface area contributed by atoms with Crippen LogP contribution in [0.3, 0.4) is 0 Å². The van der Waals surface area contributed by atoms with Crippen molar-refractivity contribution in [3.8, 4) is 0 Å². The third-order valence-electron chi connectivity index (χ3n) is 0.231. The molecule has 0 bridgehead atoms. The molecule has 0 spiro atoms. The van der Waals surface area contributed by atoms with Gasteiger partial charge >= 0.3 is 0 Å². The highest BCUT2D eigenvalue weighted by molar-refractivity contribution is 6.68. The number of allylic oxidation sites excluding steroid dienone is 1. The van der Waals surface area contributed by atoms with E-state index in [9.17, 15) is 0 Å². The van der Waals surface area contributed by atoms with Gasteiger partial charge in [-0.05, 0) is 12.2 Å². The average Bonchev–Trinajstić information content (AvgIpc) is 1.63. The summed E-state index contributed by atoms with van der Waals surface area (Å²) < 4.78 is -1.28. The van der Waals surface area contributed by atoms with E-state index in [1.807, 2.05) is 0 Å². The molecule has 0 fully saturated rings. The molecule has 0 heterocycles. The molecule has 0 aromatic carbocycles. The Labute approximate surface area is 72.8 Å². The van der Waals surface area contributed by atoms with Crippen molar-refractivity contribution in [1.82, 2.24) is 0 Å². The molecule has 0 saturated carbocycles. The van der Waals surface area contributed by atoms with Crippen LogP contribution in [0.15, 0.2) is 12.7 Å². The molecule has 6 heteroatoms. The highest BCUT2D eigenvalue weighted by atomic mass is 35.6. The van der Waals surface area contributed by atoms with Crippen molar-refractivity contribution in [2.45, 2.75) is 3.79 Å². The fraction of sp³-hybridized carbons (Fsp3) is 0.250. The molecule has 0 atom stereocenters. The van der Waals surface area contributed by atoms with E-state index in [0.717, 1.165) is 0 Å². The summed E-state index contributed by atoms with van der Waals surface area (Å²) in [5.74, 6) is 0. The van der Waals surface area contributed by atoms with Crippen LogP contribution < -0.4 is 10.2 Å². The molecule has 0 aliphatic heterocycles. The van der Waals surface area contributed by atoms with Crippen molar-refractivity contribution in [2.24, 2.45) is 0 Å². The minimum Gasteiger partial charge on any atom is -0.652 e. The van der Waals surface area contributed by atoms with E-state index >= 15 is 0 Å². The molecule has 0 aliphatic rings. The van der Waals surface area contributed by atoms with Gasteiger partial charge in [0.25, 0.3) is 0 Å². The first-order valence-electron chi connectivity index (χ1n) is 1.88. The van der Waals surface area contributed by atoms with E-state index in [-0.39, 0.29) is 0 Å². The number of halogens is 3. The summed E-state index contributed by atoms with van der Waals surface area (Å²) in [5.41, 5.74) is 0. The lowest BCUT2D eigenvalue weighted by atomic mass is 10.7. The van der Waals surface area contributed by atoms with Gasteiger partial charge in [-0.15, -0.1) is 0 Å². The molecule has 10 heavy (non-hydrogen) atoms. The van der Waals surface area contributed by atoms with Crippen LogP contribution in [-0.4, -0.2) is 9.95 Å². The fourth-order valence-corrected chi connectivity index (χ4v) is 0. The van der Waals surface area contributed by atoms with Gasteiger partial charge in [-0.1, -0.05) is 41.4 Å². The van der Waals surface area contributed by atoms with E-state index < -0.39 is 9.95 Å².